The van der Waals surface area contributed by atoms with Gasteiger partial charge in [0.15, 0.2) is 6.79 Å². The van der Waals surface area contributed by atoms with Crippen molar-refractivity contribution in [2.75, 3.05) is 6.79 Å². The third-order valence-electron chi connectivity index (χ3n) is 4.19. The number of benzene rings is 1. The molecule has 0 saturated carbocycles. The van der Waals surface area contributed by atoms with E-state index in [1.54, 1.807) is 0 Å². The summed E-state index contributed by atoms with van der Waals surface area (Å²) < 4.78 is 12.8. The maximum atomic E-state index is 12.8. The highest BCUT2D eigenvalue weighted by molar-refractivity contribution is 6.30. The lowest BCUT2D eigenvalue weighted by Gasteiger charge is -2.23. The largest absolute Gasteiger partial charge is 0.467 e. The number of rotatable bonds is 6. The summed E-state index contributed by atoms with van der Waals surface area (Å²) in [7, 11) is 0. The van der Waals surface area contributed by atoms with Crippen LogP contribution in [0.1, 0.15) is 37.4 Å². The Morgan fingerprint density at radius 3 is 2.80 bits per heavy atom. The van der Waals surface area contributed by atoms with Gasteiger partial charge in [-0.1, -0.05) is 25.4 Å². The van der Waals surface area contributed by atoms with Gasteiger partial charge in [0.05, 0.1) is 6.61 Å². The Labute approximate surface area is 152 Å². The summed E-state index contributed by atoms with van der Waals surface area (Å²) in [5.74, 6) is 1.17. The highest BCUT2D eigenvalue weighted by Gasteiger charge is 2.22. The number of fused-ring (bicyclic) bond motifs is 1. The second kappa shape index (κ2) is 7.93. The summed E-state index contributed by atoms with van der Waals surface area (Å²) in [4.78, 5) is 12.8. The lowest BCUT2D eigenvalue weighted by molar-refractivity contribution is -0.125. The van der Waals surface area contributed by atoms with Crippen molar-refractivity contribution in [1.82, 2.24) is 9.88 Å². The Morgan fingerprint density at radius 2 is 2.08 bits per heavy atom. The van der Waals surface area contributed by atoms with E-state index in [-0.39, 0.29) is 18.7 Å². The van der Waals surface area contributed by atoms with Gasteiger partial charge in [0.25, 0.3) is 0 Å². The minimum absolute atomic E-state index is 0.00863. The van der Waals surface area contributed by atoms with Crippen LogP contribution >= 0.6 is 11.6 Å². The molecule has 0 fully saturated rings. The van der Waals surface area contributed by atoms with Crippen LogP contribution in [0.25, 0.3) is 0 Å². The summed E-state index contributed by atoms with van der Waals surface area (Å²) in [6.07, 6.45) is 4.63. The van der Waals surface area contributed by atoms with Crippen LogP contribution in [0.3, 0.4) is 0 Å². The third-order valence-corrected chi connectivity index (χ3v) is 4.41. The molecule has 1 aromatic heterocycles. The molecule has 1 aromatic carbocycles. The van der Waals surface area contributed by atoms with E-state index in [0.717, 1.165) is 23.3 Å². The first kappa shape index (κ1) is 17.8. The second-order valence-electron chi connectivity index (χ2n) is 6.66. The van der Waals surface area contributed by atoms with Crippen molar-refractivity contribution in [3.8, 4) is 5.75 Å². The zero-order valence-corrected chi connectivity index (χ0v) is 15.3. The lowest BCUT2D eigenvalue weighted by Crippen LogP contribution is -2.33. The fourth-order valence-corrected chi connectivity index (χ4v) is 3.32. The van der Waals surface area contributed by atoms with Crippen LogP contribution in [-0.4, -0.2) is 17.3 Å². The molecule has 1 aliphatic rings. The van der Waals surface area contributed by atoms with Crippen molar-refractivity contribution in [2.45, 2.75) is 39.5 Å². The average molecular weight is 363 g/mol. The molecule has 1 aliphatic heterocycles. The molecule has 2 heterocycles. The number of aromatic nitrogens is 1. The number of carbonyl (C=O) groups excluding carboxylic acids is 1. The van der Waals surface area contributed by atoms with Gasteiger partial charge in [-0.15, -0.1) is 0 Å². The van der Waals surface area contributed by atoms with E-state index >= 15 is 0 Å². The predicted molar refractivity (Wildman–Crippen MR) is 96.5 cm³/mol. The van der Waals surface area contributed by atoms with Crippen molar-refractivity contribution in [1.29, 1.82) is 0 Å². The zero-order valence-electron chi connectivity index (χ0n) is 14.5. The van der Waals surface area contributed by atoms with Crippen molar-refractivity contribution in [2.24, 2.45) is 5.92 Å². The SMILES string of the molecule is CC(C)C[C@@H](C(=O)NCc1cc(Cl)cc2c1OCOC2)n1cccc1. The van der Waals surface area contributed by atoms with E-state index in [4.69, 9.17) is 21.1 Å². The first-order chi connectivity index (χ1) is 12.0. The van der Waals surface area contributed by atoms with E-state index in [1.165, 1.54) is 0 Å². The normalized spacial score (nSPS) is 14.7. The van der Waals surface area contributed by atoms with Crippen molar-refractivity contribution < 1.29 is 14.3 Å². The summed E-state index contributed by atoms with van der Waals surface area (Å²) in [6, 6.07) is 7.31. The van der Waals surface area contributed by atoms with Crippen LogP contribution in [0.15, 0.2) is 36.7 Å². The van der Waals surface area contributed by atoms with Crippen molar-refractivity contribution in [3.05, 3.63) is 52.8 Å². The average Bonchev–Trinajstić information content (AvgIpc) is 3.11. The molecule has 0 saturated heterocycles. The van der Waals surface area contributed by atoms with Crippen LogP contribution in [-0.2, 0) is 22.7 Å². The van der Waals surface area contributed by atoms with E-state index < -0.39 is 0 Å². The van der Waals surface area contributed by atoms with Crippen LogP contribution in [0.2, 0.25) is 5.02 Å². The number of nitrogens with one attached hydrogen (secondary N) is 1. The van der Waals surface area contributed by atoms with Crippen LogP contribution < -0.4 is 10.1 Å². The molecule has 6 heteroatoms. The van der Waals surface area contributed by atoms with E-state index in [9.17, 15) is 4.79 Å². The number of hydrogen-bond acceptors (Lipinski definition) is 3. The molecule has 0 aliphatic carbocycles. The molecule has 1 atom stereocenters. The van der Waals surface area contributed by atoms with Crippen LogP contribution in [0.5, 0.6) is 5.75 Å². The minimum Gasteiger partial charge on any atom is -0.467 e. The fourth-order valence-electron chi connectivity index (χ4n) is 3.05. The Balaban J connectivity index is 1.74. The van der Waals surface area contributed by atoms with Gasteiger partial charge >= 0.3 is 0 Å². The van der Waals surface area contributed by atoms with Gasteiger partial charge in [-0.25, -0.2) is 0 Å². The maximum Gasteiger partial charge on any atom is 0.243 e. The number of ether oxygens (including phenoxy) is 2. The molecule has 1 amide bonds. The predicted octanol–water partition coefficient (Wildman–Crippen LogP) is 3.91. The Kier molecular flexibility index (Phi) is 5.66. The van der Waals surface area contributed by atoms with E-state index in [0.29, 0.717) is 24.1 Å². The number of amides is 1. The summed E-state index contributed by atoms with van der Waals surface area (Å²) in [5.41, 5.74) is 1.78. The highest BCUT2D eigenvalue weighted by Crippen LogP contribution is 2.31. The van der Waals surface area contributed by atoms with Gasteiger partial charge < -0.3 is 19.4 Å². The molecule has 1 N–H and O–H groups in total. The van der Waals surface area contributed by atoms with E-state index in [1.807, 2.05) is 41.2 Å². The topological polar surface area (TPSA) is 52.5 Å². The number of carbonyl (C=O) groups is 1. The smallest absolute Gasteiger partial charge is 0.243 e. The molecule has 134 valence electrons. The fraction of sp³-hybridized carbons (Fsp3) is 0.421. The highest BCUT2D eigenvalue weighted by atomic mass is 35.5. The van der Waals surface area contributed by atoms with Crippen molar-refractivity contribution in [3.63, 3.8) is 0 Å². The number of nitrogens with zero attached hydrogens (tertiary/aromatic N) is 1. The van der Waals surface area contributed by atoms with Gasteiger partial charge in [-0.05, 0) is 36.6 Å². The van der Waals surface area contributed by atoms with Gasteiger partial charge in [0, 0.05) is 35.1 Å². The molecular weight excluding hydrogens is 340 g/mol. The van der Waals surface area contributed by atoms with Crippen molar-refractivity contribution >= 4 is 17.5 Å². The number of halogens is 1. The Hall–Kier alpha value is -1.98. The van der Waals surface area contributed by atoms with Gasteiger partial charge in [-0.3, -0.25) is 4.79 Å². The van der Waals surface area contributed by atoms with Crippen LogP contribution in [0, 0.1) is 5.92 Å². The summed E-state index contributed by atoms with van der Waals surface area (Å²) >= 11 is 6.18. The third kappa shape index (κ3) is 4.35. The molecule has 0 unspecified atom stereocenters. The van der Waals surface area contributed by atoms with Crippen LogP contribution in [0.4, 0.5) is 0 Å². The molecule has 2 aromatic rings. The van der Waals surface area contributed by atoms with Gasteiger partial charge in [0.1, 0.15) is 11.8 Å². The molecule has 5 nitrogen and oxygen atoms in total. The zero-order chi connectivity index (χ0) is 17.8. The summed E-state index contributed by atoms with van der Waals surface area (Å²) in [5, 5.41) is 3.64. The minimum atomic E-state index is -0.228. The molecule has 0 spiro atoms. The second-order valence-corrected chi connectivity index (χ2v) is 7.09. The maximum absolute atomic E-state index is 12.8. The Bertz CT molecular complexity index is 729. The number of hydrogen-bond donors (Lipinski definition) is 1. The Morgan fingerprint density at radius 1 is 1.32 bits per heavy atom. The molecule has 25 heavy (non-hydrogen) atoms. The van der Waals surface area contributed by atoms with Gasteiger partial charge in [-0.2, -0.15) is 0 Å². The van der Waals surface area contributed by atoms with E-state index in [2.05, 4.69) is 19.2 Å². The quantitative estimate of drug-likeness (QED) is 0.847. The molecule has 0 radical (unpaired) electrons. The standard InChI is InChI=1S/C19H23ClN2O3/c1-13(2)7-17(22-5-3-4-6-22)19(23)21-10-14-8-16(20)9-15-11-24-12-25-18(14)15/h3-6,8-9,13,17H,7,10-12H2,1-2H3,(H,21,23)/t17-/m0/s1. The first-order valence-corrected chi connectivity index (χ1v) is 8.84. The molecule has 0 bridgehead atoms. The van der Waals surface area contributed by atoms with Gasteiger partial charge in [0.2, 0.25) is 5.91 Å². The first-order valence-electron chi connectivity index (χ1n) is 8.46. The monoisotopic (exact) mass is 362 g/mol. The summed E-state index contributed by atoms with van der Waals surface area (Å²) in [6.45, 7) is 5.29. The molecular formula is C19H23ClN2O3. The lowest BCUT2D eigenvalue weighted by atomic mass is 10.0. The molecule has 3 rings (SSSR count).